The van der Waals surface area contributed by atoms with Crippen LogP contribution in [0, 0.1) is 16.2 Å². The van der Waals surface area contributed by atoms with Gasteiger partial charge in [0.25, 0.3) is 0 Å². The van der Waals surface area contributed by atoms with Gasteiger partial charge in [0, 0.05) is 0 Å². The molecular weight excluding hydrogens is 254 g/mol. The zero-order chi connectivity index (χ0) is 15.6. The van der Waals surface area contributed by atoms with Crippen LogP contribution < -0.4 is 0 Å². The first-order valence-electron chi connectivity index (χ1n) is 9.41. The Bertz CT molecular complexity index is 321. The maximum atomic E-state index is 2.54. The van der Waals surface area contributed by atoms with Crippen molar-refractivity contribution in [3.8, 4) is 0 Å². The first-order valence-corrected chi connectivity index (χ1v) is 9.41. The van der Waals surface area contributed by atoms with E-state index in [-0.39, 0.29) is 0 Å². The van der Waals surface area contributed by atoms with Crippen molar-refractivity contribution in [1.29, 1.82) is 0 Å². The zero-order valence-corrected chi connectivity index (χ0v) is 15.4. The molecule has 0 unspecified atom stereocenters. The monoisotopic (exact) mass is 293 g/mol. The third kappa shape index (κ3) is 5.27. The van der Waals surface area contributed by atoms with Gasteiger partial charge in [0.05, 0.1) is 0 Å². The summed E-state index contributed by atoms with van der Waals surface area (Å²) in [6, 6.07) is 0. The Hall–Kier alpha value is -0.0400. The average molecular weight is 294 g/mol. The lowest BCUT2D eigenvalue weighted by Gasteiger charge is -2.46. The molecule has 0 bridgehead atoms. The van der Waals surface area contributed by atoms with Crippen LogP contribution in [0.4, 0.5) is 0 Å². The molecule has 1 heterocycles. The van der Waals surface area contributed by atoms with Gasteiger partial charge in [0.1, 0.15) is 0 Å². The summed E-state index contributed by atoms with van der Waals surface area (Å²) in [7, 11) is 2.30. The van der Waals surface area contributed by atoms with E-state index in [4.69, 9.17) is 0 Å². The third-order valence-corrected chi connectivity index (χ3v) is 6.44. The standard InChI is InChI=1S/C20H39N/c1-18(2)9-7-6-8-10-19(3,4)17-20(12-11-18)13-15-21(5)16-14-20/h6-17H2,1-5H3. The van der Waals surface area contributed by atoms with Crippen LogP contribution >= 0.6 is 0 Å². The molecule has 0 aromatic rings. The Morgan fingerprint density at radius 3 is 1.81 bits per heavy atom. The highest BCUT2D eigenvalue weighted by Crippen LogP contribution is 2.49. The van der Waals surface area contributed by atoms with E-state index in [1.54, 1.807) is 0 Å². The normalized spacial score (nSPS) is 30.7. The van der Waals surface area contributed by atoms with Crippen LogP contribution in [-0.4, -0.2) is 25.0 Å². The largest absolute Gasteiger partial charge is 0.306 e. The van der Waals surface area contributed by atoms with Gasteiger partial charge in [-0.3, -0.25) is 0 Å². The van der Waals surface area contributed by atoms with Crippen molar-refractivity contribution < 1.29 is 0 Å². The molecule has 1 spiro atoms. The summed E-state index contributed by atoms with van der Waals surface area (Å²) in [5.74, 6) is 0. The number of piperidine rings is 1. The molecule has 0 radical (unpaired) electrons. The minimum absolute atomic E-state index is 0.546. The molecule has 2 aliphatic rings. The summed E-state index contributed by atoms with van der Waals surface area (Å²) < 4.78 is 0. The second-order valence-corrected chi connectivity index (χ2v) is 9.87. The highest BCUT2D eigenvalue weighted by Gasteiger charge is 2.39. The molecule has 2 rings (SSSR count). The minimum atomic E-state index is 0.546. The molecule has 1 heteroatoms. The van der Waals surface area contributed by atoms with E-state index >= 15 is 0 Å². The number of rotatable bonds is 0. The SMILES string of the molecule is CN1CCC2(CC1)CCC(C)(C)CCCCCC(C)(C)C2. The van der Waals surface area contributed by atoms with E-state index in [2.05, 4.69) is 39.6 Å². The second-order valence-electron chi connectivity index (χ2n) is 9.87. The van der Waals surface area contributed by atoms with Gasteiger partial charge in [-0.2, -0.15) is 0 Å². The van der Waals surface area contributed by atoms with Crippen molar-refractivity contribution in [2.24, 2.45) is 16.2 Å². The molecule has 0 aromatic carbocycles. The highest BCUT2D eigenvalue weighted by atomic mass is 15.1. The first kappa shape index (κ1) is 17.3. The maximum Gasteiger partial charge on any atom is -0.00165 e. The lowest BCUT2D eigenvalue weighted by molar-refractivity contribution is 0.0465. The van der Waals surface area contributed by atoms with E-state index in [0.717, 1.165) is 0 Å². The third-order valence-electron chi connectivity index (χ3n) is 6.44. The zero-order valence-electron chi connectivity index (χ0n) is 15.4. The molecule has 1 aliphatic carbocycles. The van der Waals surface area contributed by atoms with Crippen LogP contribution in [0.15, 0.2) is 0 Å². The van der Waals surface area contributed by atoms with Crippen molar-refractivity contribution in [1.82, 2.24) is 4.90 Å². The minimum Gasteiger partial charge on any atom is -0.306 e. The number of hydrogen-bond donors (Lipinski definition) is 0. The summed E-state index contributed by atoms with van der Waals surface area (Å²) >= 11 is 0. The number of nitrogens with zero attached hydrogens (tertiary/aromatic N) is 1. The van der Waals surface area contributed by atoms with Crippen LogP contribution in [0.1, 0.15) is 91.9 Å². The molecule has 1 aliphatic heterocycles. The van der Waals surface area contributed by atoms with Gasteiger partial charge in [-0.25, -0.2) is 0 Å². The van der Waals surface area contributed by atoms with E-state index in [1.807, 2.05) is 0 Å². The van der Waals surface area contributed by atoms with Gasteiger partial charge < -0.3 is 4.90 Å². The molecule has 124 valence electrons. The molecule has 1 nitrogen and oxygen atoms in total. The van der Waals surface area contributed by atoms with E-state index in [0.29, 0.717) is 16.2 Å². The lowest BCUT2D eigenvalue weighted by atomic mass is 9.63. The van der Waals surface area contributed by atoms with Crippen molar-refractivity contribution in [2.45, 2.75) is 91.9 Å². The van der Waals surface area contributed by atoms with Crippen molar-refractivity contribution >= 4 is 0 Å². The fourth-order valence-corrected chi connectivity index (χ4v) is 4.82. The van der Waals surface area contributed by atoms with Gasteiger partial charge in [-0.05, 0) is 81.3 Å². The predicted octanol–water partition coefficient (Wildman–Crippen LogP) is 5.89. The average Bonchev–Trinajstić information content (AvgIpc) is 2.40. The summed E-state index contributed by atoms with van der Waals surface area (Å²) in [6.07, 6.45) is 14.4. The van der Waals surface area contributed by atoms with Crippen LogP contribution in [0.5, 0.6) is 0 Å². The van der Waals surface area contributed by atoms with Crippen molar-refractivity contribution in [3.05, 3.63) is 0 Å². The van der Waals surface area contributed by atoms with Crippen LogP contribution in [0.25, 0.3) is 0 Å². The Morgan fingerprint density at radius 2 is 1.19 bits per heavy atom. The first-order chi connectivity index (χ1) is 9.72. The number of hydrogen-bond acceptors (Lipinski definition) is 1. The smallest absolute Gasteiger partial charge is 0.00165 e. The molecule has 2 fully saturated rings. The molecule has 0 aromatic heterocycles. The lowest BCUT2D eigenvalue weighted by Crippen LogP contribution is -2.41. The van der Waals surface area contributed by atoms with Gasteiger partial charge in [-0.1, -0.05) is 47.0 Å². The van der Waals surface area contributed by atoms with Crippen LogP contribution in [-0.2, 0) is 0 Å². The molecule has 21 heavy (non-hydrogen) atoms. The fourth-order valence-electron chi connectivity index (χ4n) is 4.82. The summed E-state index contributed by atoms with van der Waals surface area (Å²) in [6.45, 7) is 12.7. The van der Waals surface area contributed by atoms with Gasteiger partial charge in [0.15, 0.2) is 0 Å². The quantitative estimate of drug-likeness (QED) is 0.538. The molecule has 1 saturated heterocycles. The Labute approximate surface area is 133 Å². The summed E-state index contributed by atoms with van der Waals surface area (Å²) in [5.41, 5.74) is 1.74. The Balaban J connectivity index is 2.13. The van der Waals surface area contributed by atoms with Gasteiger partial charge in [0.2, 0.25) is 0 Å². The Kier molecular flexibility index (Phi) is 5.45. The van der Waals surface area contributed by atoms with Crippen LogP contribution in [0.3, 0.4) is 0 Å². The predicted molar refractivity (Wildman–Crippen MR) is 93.7 cm³/mol. The van der Waals surface area contributed by atoms with E-state index < -0.39 is 0 Å². The molecule has 0 amide bonds. The van der Waals surface area contributed by atoms with E-state index in [1.165, 1.54) is 77.3 Å². The highest BCUT2D eigenvalue weighted by molar-refractivity contribution is 4.91. The summed E-state index contributed by atoms with van der Waals surface area (Å²) in [4.78, 5) is 2.54. The van der Waals surface area contributed by atoms with Crippen LogP contribution in [0.2, 0.25) is 0 Å². The van der Waals surface area contributed by atoms with E-state index in [9.17, 15) is 0 Å². The summed E-state index contributed by atoms with van der Waals surface area (Å²) in [5, 5.41) is 0. The maximum absolute atomic E-state index is 2.54. The van der Waals surface area contributed by atoms with Crippen molar-refractivity contribution in [2.75, 3.05) is 20.1 Å². The molecular formula is C20H39N. The molecule has 0 N–H and O–H groups in total. The number of likely N-dealkylation sites (tertiary alicyclic amines) is 1. The van der Waals surface area contributed by atoms with Crippen molar-refractivity contribution in [3.63, 3.8) is 0 Å². The molecule has 0 atom stereocenters. The second kappa shape index (κ2) is 6.60. The molecule has 1 saturated carbocycles. The Morgan fingerprint density at radius 1 is 0.619 bits per heavy atom. The fraction of sp³-hybridized carbons (Fsp3) is 1.00. The van der Waals surface area contributed by atoms with Gasteiger partial charge >= 0.3 is 0 Å². The topological polar surface area (TPSA) is 3.24 Å². The van der Waals surface area contributed by atoms with Gasteiger partial charge in [-0.15, -0.1) is 0 Å².